The maximum atomic E-state index is 12.4. The zero-order chi connectivity index (χ0) is 30.1. The van der Waals surface area contributed by atoms with Crippen LogP contribution in [0.4, 0.5) is 0 Å². The van der Waals surface area contributed by atoms with Crippen molar-refractivity contribution >= 4 is 5.97 Å². The Kier molecular flexibility index (Phi) is 33.4. The lowest BCUT2D eigenvalue weighted by Crippen LogP contribution is -2.29. The number of carbonyl (C=O) groups excluding carboxylic acids is 1. The molecule has 1 unspecified atom stereocenters. The van der Waals surface area contributed by atoms with E-state index in [9.17, 15) is 9.90 Å². The lowest BCUT2D eigenvalue weighted by atomic mass is 10.0. The molecule has 0 amide bonds. The fraction of sp³-hybridized carbons (Fsp3) is 0.973. The van der Waals surface area contributed by atoms with Crippen molar-refractivity contribution in [2.24, 2.45) is 0 Å². The summed E-state index contributed by atoms with van der Waals surface area (Å²) in [5, 5.41) is 9.47. The minimum atomic E-state index is 0.0221. The molecule has 1 N–H and O–H groups in total. The van der Waals surface area contributed by atoms with Gasteiger partial charge in [-0.15, -0.1) is 0 Å². The average molecular weight is 582 g/mol. The summed E-state index contributed by atoms with van der Waals surface area (Å²) in [6.07, 6.45) is 35.2. The van der Waals surface area contributed by atoms with Crippen LogP contribution in [0.25, 0.3) is 0 Å². The van der Waals surface area contributed by atoms with E-state index < -0.39 is 0 Å². The maximum absolute atomic E-state index is 12.4. The van der Waals surface area contributed by atoms with Crippen LogP contribution in [-0.2, 0) is 9.53 Å². The third kappa shape index (κ3) is 30.6. The zero-order valence-electron chi connectivity index (χ0n) is 28.4. The number of ether oxygens (including phenoxy) is 1. The molecule has 0 rings (SSSR count). The summed E-state index contributed by atoms with van der Waals surface area (Å²) in [7, 11) is 0. The van der Waals surface area contributed by atoms with Crippen molar-refractivity contribution in [1.82, 2.24) is 4.90 Å². The molecule has 0 aliphatic rings. The molecule has 0 saturated heterocycles. The SMILES string of the molecule is CCCCCCCCCCCCCCCN(CCO)CCCCCCCC(=O)OC(CCCCC)CCCCCC. The van der Waals surface area contributed by atoms with Gasteiger partial charge in [0.2, 0.25) is 0 Å². The highest BCUT2D eigenvalue weighted by atomic mass is 16.5. The predicted octanol–water partition coefficient (Wildman–Crippen LogP) is 11.2. The van der Waals surface area contributed by atoms with Gasteiger partial charge in [-0.1, -0.05) is 149 Å². The van der Waals surface area contributed by atoms with Gasteiger partial charge in [0.1, 0.15) is 6.10 Å². The Morgan fingerprint density at radius 3 is 1.34 bits per heavy atom. The van der Waals surface area contributed by atoms with Gasteiger partial charge in [0.15, 0.2) is 0 Å². The molecule has 1 atom stereocenters. The number of esters is 1. The van der Waals surface area contributed by atoms with Crippen LogP contribution in [-0.4, -0.2) is 48.3 Å². The first-order valence-electron chi connectivity index (χ1n) is 18.7. The Morgan fingerprint density at radius 2 is 0.878 bits per heavy atom. The molecule has 0 bridgehead atoms. The zero-order valence-corrected chi connectivity index (χ0v) is 28.4. The van der Waals surface area contributed by atoms with Crippen molar-refractivity contribution < 1.29 is 14.6 Å². The summed E-state index contributed by atoms with van der Waals surface area (Å²) in [4.78, 5) is 14.9. The number of carbonyl (C=O) groups is 1. The van der Waals surface area contributed by atoms with Crippen LogP contribution < -0.4 is 0 Å². The number of unbranched alkanes of at least 4 members (excludes halogenated alkanes) is 21. The predicted molar refractivity (Wildman–Crippen MR) is 180 cm³/mol. The van der Waals surface area contributed by atoms with E-state index in [-0.39, 0.29) is 18.7 Å². The molecular weight excluding hydrogens is 506 g/mol. The van der Waals surface area contributed by atoms with Crippen LogP contribution in [0, 0.1) is 0 Å². The van der Waals surface area contributed by atoms with Crippen molar-refractivity contribution in [3.63, 3.8) is 0 Å². The quantitative estimate of drug-likeness (QED) is 0.0606. The van der Waals surface area contributed by atoms with Crippen LogP contribution in [0.1, 0.15) is 201 Å². The fourth-order valence-corrected chi connectivity index (χ4v) is 5.89. The molecule has 0 spiro atoms. The average Bonchev–Trinajstić information content (AvgIpc) is 2.97. The lowest BCUT2D eigenvalue weighted by molar-refractivity contribution is -0.150. The van der Waals surface area contributed by atoms with E-state index in [1.807, 2.05) is 0 Å². The normalized spacial score (nSPS) is 12.3. The van der Waals surface area contributed by atoms with Gasteiger partial charge in [-0.2, -0.15) is 0 Å². The molecule has 0 aromatic carbocycles. The monoisotopic (exact) mass is 582 g/mol. The first-order chi connectivity index (χ1) is 20.2. The second-order valence-corrected chi connectivity index (χ2v) is 12.8. The van der Waals surface area contributed by atoms with Gasteiger partial charge in [-0.05, 0) is 58.0 Å². The standard InChI is InChI=1S/C37H75NO3/c1-4-7-10-12-13-14-15-16-17-18-19-22-27-32-38(34-35-39)33-28-23-20-21-26-31-37(40)41-36(29-24-9-6-3)30-25-11-8-5-2/h36,39H,4-35H2,1-3H3. The molecule has 0 heterocycles. The molecule has 246 valence electrons. The molecule has 41 heavy (non-hydrogen) atoms. The Hall–Kier alpha value is -0.610. The van der Waals surface area contributed by atoms with Crippen LogP contribution in [0.2, 0.25) is 0 Å². The largest absolute Gasteiger partial charge is 0.462 e. The second kappa shape index (κ2) is 33.9. The highest BCUT2D eigenvalue weighted by molar-refractivity contribution is 5.69. The third-order valence-corrected chi connectivity index (χ3v) is 8.66. The van der Waals surface area contributed by atoms with E-state index in [4.69, 9.17) is 4.74 Å². The van der Waals surface area contributed by atoms with Crippen molar-refractivity contribution in [2.75, 3.05) is 26.2 Å². The van der Waals surface area contributed by atoms with Crippen LogP contribution in [0.15, 0.2) is 0 Å². The Morgan fingerprint density at radius 1 is 0.512 bits per heavy atom. The Balaban J connectivity index is 3.77. The number of nitrogens with zero attached hydrogens (tertiary/aromatic N) is 1. The molecular formula is C37H75NO3. The first-order valence-corrected chi connectivity index (χ1v) is 18.7. The molecule has 0 fully saturated rings. The summed E-state index contributed by atoms with van der Waals surface area (Å²) >= 11 is 0. The fourth-order valence-electron chi connectivity index (χ4n) is 5.89. The number of aliphatic hydroxyl groups is 1. The summed E-state index contributed by atoms with van der Waals surface area (Å²) in [6.45, 7) is 10.1. The van der Waals surface area contributed by atoms with Crippen molar-refractivity contribution in [3.05, 3.63) is 0 Å². The van der Waals surface area contributed by atoms with Crippen LogP contribution >= 0.6 is 0 Å². The van der Waals surface area contributed by atoms with Crippen molar-refractivity contribution in [3.8, 4) is 0 Å². The lowest BCUT2D eigenvalue weighted by Gasteiger charge is -2.21. The van der Waals surface area contributed by atoms with Gasteiger partial charge < -0.3 is 14.7 Å². The third-order valence-electron chi connectivity index (χ3n) is 8.66. The summed E-state index contributed by atoms with van der Waals surface area (Å²) in [5.41, 5.74) is 0. The minimum Gasteiger partial charge on any atom is -0.462 e. The molecule has 0 aliphatic carbocycles. The first kappa shape index (κ1) is 40.4. The van der Waals surface area contributed by atoms with E-state index in [1.54, 1.807) is 0 Å². The Bertz CT molecular complexity index is 512. The van der Waals surface area contributed by atoms with E-state index >= 15 is 0 Å². The van der Waals surface area contributed by atoms with Gasteiger partial charge in [-0.25, -0.2) is 0 Å². The Labute approximate surface area is 258 Å². The molecule has 0 aliphatic heterocycles. The molecule has 4 heteroatoms. The van der Waals surface area contributed by atoms with Gasteiger partial charge in [0, 0.05) is 13.0 Å². The molecule has 0 aromatic heterocycles. The van der Waals surface area contributed by atoms with Gasteiger partial charge >= 0.3 is 5.97 Å². The molecule has 0 saturated carbocycles. The van der Waals surface area contributed by atoms with Crippen LogP contribution in [0.5, 0.6) is 0 Å². The van der Waals surface area contributed by atoms with Crippen LogP contribution in [0.3, 0.4) is 0 Å². The number of rotatable bonds is 34. The smallest absolute Gasteiger partial charge is 0.306 e. The highest BCUT2D eigenvalue weighted by Gasteiger charge is 2.14. The minimum absolute atomic E-state index is 0.0221. The topological polar surface area (TPSA) is 49.8 Å². The van der Waals surface area contributed by atoms with E-state index in [0.717, 1.165) is 45.3 Å². The van der Waals surface area contributed by atoms with Gasteiger partial charge in [0.05, 0.1) is 6.61 Å². The molecule has 0 radical (unpaired) electrons. The van der Waals surface area contributed by atoms with Crippen molar-refractivity contribution in [2.45, 2.75) is 207 Å². The van der Waals surface area contributed by atoms with E-state index in [0.29, 0.717) is 6.42 Å². The highest BCUT2D eigenvalue weighted by Crippen LogP contribution is 2.17. The molecule has 4 nitrogen and oxygen atoms in total. The van der Waals surface area contributed by atoms with E-state index in [2.05, 4.69) is 25.7 Å². The van der Waals surface area contributed by atoms with E-state index in [1.165, 1.54) is 148 Å². The second-order valence-electron chi connectivity index (χ2n) is 12.8. The summed E-state index contributed by atoms with van der Waals surface area (Å²) < 4.78 is 5.89. The molecule has 0 aromatic rings. The van der Waals surface area contributed by atoms with Crippen molar-refractivity contribution in [1.29, 1.82) is 0 Å². The maximum Gasteiger partial charge on any atom is 0.306 e. The summed E-state index contributed by atoms with van der Waals surface area (Å²) in [6, 6.07) is 0. The summed E-state index contributed by atoms with van der Waals surface area (Å²) in [5.74, 6) is 0.0221. The van der Waals surface area contributed by atoms with Gasteiger partial charge in [0.25, 0.3) is 0 Å². The van der Waals surface area contributed by atoms with Gasteiger partial charge in [-0.3, -0.25) is 4.79 Å². The number of aliphatic hydroxyl groups excluding tert-OH is 1. The number of hydrogen-bond acceptors (Lipinski definition) is 4. The number of hydrogen-bond donors (Lipinski definition) is 1.